The van der Waals surface area contributed by atoms with Crippen molar-refractivity contribution in [3.63, 3.8) is 0 Å². The molecule has 5 nitrogen and oxygen atoms in total. The lowest BCUT2D eigenvalue weighted by Crippen LogP contribution is -2.10. The number of carbonyl (C=O) groups excluding carboxylic acids is 1. The molecule has 0 saturated heterocycles. The van der Waals surface area contributed by atoms with Gasteiger partial charge in [-0.3, -0.25) is 4.57 Å². The van der Waals surface area contributed by atoms with Gasteiger partial charge >= 0.3 is 13.6 Å². The molecule has 0 bridgehead atoms. The quantitative estimate of drug-likeness (QED) is 0.514. The number of hydrogen-bond acceptors (Lipinski definition) is 5. The molecule has 0 unspecified atom stereocenters. The van der Waals surface area contributed by atoms with Crippen LogP contribution >= 0.6 is 7.60 Å². The van der Waals surface area contributed by atoms with E-state index in [1.807, 2.05) is 12.1 Å². The smallest absolute Gasteiger partial charge is 0.338 e. The molecule has 0 radical (unpaired) electrons. The highest BCUT2D eigenvalue weighted by Gasteiger charge is 2.24. The van der Waals surface area contributed by atoms with E-state index in [0.717, 1.165) is 5.56 Å². The van der Waals surface area contributed by atoms with Crippen molar-refractivity contribution in [3.8, 4) is 0 Å². The third-order valence-electron chi connectivity index (χ3n) is 2.82. The lowest BCUT2D eigenvalue weighted by atomic mass is 10.1. The normalized spacial score (nSPS) is 11.4. The summed E-state index contributed by atoms with van der Waals surface area (Å²) in [7, 11) is -3.10. The molecule has 0 N–H and O–H groups in total. The summed E-state index contributed by atoms with van der Waals surface area (Å²) in [6.07, 6.45) is 0.678. The molecule has 0 aliphatic heterocycles. The van der Waals surface area contributed by atoms with Gasteiger partial charge in [-0.05, 0) is 38.8 Å². The first-order chi connectivity index (χ1) is 10.1. The monoisotopic (exact) mass is 314 g/mol. The number of aryl methyl sites for hydroxylation is 1. The summed E-state index contributed by atoms with van der Waals surface area (Å²) in [5.74, 6) is -0.365. The predicted molar refractivity (Wildman–Crippen MR) is 81.8 cm³/mol. The maximum atomic E-state index is 12.4. The lowest BCUT2D eigenvalue weighted by Gasteiger charge is -2.17. The van der Waals surface area contributed by atoms with E-state index in [2.05, 4.69) is 0 Å². The Morgan fingerprint density at radius 1 is 1.05 bits per heavy atom. The molecule has 0 amide bonds. The first-order valence-corrected chi connectivity index (χ1v) is 8.92. The zero-order valence-corrected chi connectivity index (χ0v) is 13.7. The van der Waals surface area contributed by atoms with Crippen molar-refractivity contribution in [2.75, 3.05) is 26.0 Å². The second kappa shape index (κ2) is 8.98. The summed E-state index contributed by atoms with van der Waals surface area (Å²) in [6, 6.07) is 7.15. The van der Waals surface area contributed by atoms with Crippen LogP contribution in [-0.2, 0) is 24.8 Å². The third-order valence-corrected chi connectivity index (χ3v) is 4.89. The second-order valence-corrected chi connectivity index (χ2v) is 6.48. The van der Waals surface area contributed by atoms with Crippen LogP contribution in [0, 0.1) is 0 Å². The van der Waals surface area contributed by atoms with Gasteiger partial charge in [-0.1, -0.05) is 18.2 Å². The van der Waals surface area contributed by atoms with Gasteiger partial charge in [0.2, 0.25) is 0 Å². The summed E-state index contributed by atoms with van der Waals surface area (Å²) in [5, 5.41) is 0. The van der Waals surface area contributed by atoms with Crippen molar-refractivity contribution in [2.24, 2.45) is 0 Å². The molecule has 1 aromatic rings. The van der Waals surface area contributed by atoms with E-state index in [4.69, 9.17) is 13.8 Å². The standard InChI is InChI=1S/C15H23O5P/c1-4-18-15(16)14-10-8-7-9-13(14)11-12-21(17,19-5-2)20-6-3/h7-10H,4-6,11-12H2,1-3H3. The van der Waals surface area contributed by atoms with Crippen LogP contribution in [0.1, 0.15) is 36.7 Å². The van der Waals surface area contributed by atoms with Crippen LogP contribution in [-0.4, -0.2) is 32.0 Å². The number of benzene rings is 1. The van der Waals surface area contributed by atoms with Crippen LogP contribution in [0.2, 0.25) is 0 Å². The van der Waals surface area contributed by atoms with E-state index < -0.39 is 7.60 Å². The van der Waals surface area contributed by atoms with E-state index >= 15 is 0 Å². The highest BCUT2D eigenvalue weighted by atomic mass is 31.2. The Kier molecular flexibility index (Phi) is 7.65. The molecule has 1 rings (SSSR count). The summed E-state index contributed by atoms with van der Waals surface area (Å²) in [4.78, 5) is 11.9. The van der Waals surface area contributed by atoms with Crippen molar-refractivity contribution in [2.45, 2.75) is 27.2 Å². The predicted octanol–water partition coefficient (Wildman–Crippen LogP) is 3.67. The Morgan fingerprint density at radius 3 is 2.24 bits per heavy atom. The van der Waals surface area contributed by atoms with E-state index in [-0.39, 0.29) is 12.1 Å². The molecule has 118 valence electrons. The van der Waals surface area contributed by atoms with Crippen LogP contribution in [0.3, 0.4) is 0 Å². The fraction of sp³-hybridized carbons (Fsp3) is 0.533. The highest BCUT2D eigenvalue weighted by Crippen LogP contribution is 2.48. The topological polar surface area (TPSA) is 61.8 Å². The Labute approximate surface area is 126 Å². The molecule has 0 spiro atoms. The van der Waals surface area contributed by atoms with Crippen molar-refractivity contribution in [1.82, 2.24) is 0 Å². The Hall–Kier alpha value is -1.16. The molecule has 0 atom stereocenters. The van der Waals surface area contributed by atoms with Crippen molar-refractivity contribution in [1.29, 1.82) is 0 Å². The first-order valence-electron chi connectivity index (χ1n) is 7.19. The Balaban J connectivity index is 2.83. The van der Waals surface area contributed by atoms with Crippen molar-refractivity contribution in [3.05, 3.63) is 35.4 Å². The molecule has 0 saturated carbocycles. The van der Waals surface area contributed by atoms with E-state index in [1.165, 1.54) is 0 Å². The zero-order valence-electron chi connectivity index (χ0n) is 12.8. The largest absolute Gasteiger partial charge is 0.462 e. The molecule has 0 aliphatic carbocycles. The van der Waals surface area contributed by atoms with Crippen molar-refractivity contribution < 1.29 is 23.1 Å². The molecule has 1 aromatic carbocycles. The van der Waals surface area contributed by atoms with Gasteiger partial charge in [0.15, 0.2) is 0 Å². The van der Waals surface area contributed by atoms with Gasteiger partial charge in [-0.15, -0.1) is 0 Å². The summed E-state index contributed by atoms with van der Waals surface area (Å²) in [5.41, 5.74) is 1.29. The molecule has 0 aromatic heterocycles. The van der Waals surface area contributed by atoms with E-state index in [1.54, 1.807) is 32.9 Å². The van der Waals surface area contributed by atoms with Gasteiger partial charge in [-0.2, -0.15) is 0 Å². The average molecular weight is 314 g/mol. The van der Waals surface area contributed by atoms with Crippen LogP contribution in [0.25, 0.3) is 0 Å². The van der Waals surface area contributed by atoms with Crippen LogP contribution in [0.4, 0.5) is 0 Å². The maximum absolute atomic E-state index is 12.4. The van der Waals surface area contributed by atoms with Crippen LogP contribution < -0.4 is 0 Å². The van der Waals surface area contributed by atoms with Crippen LogP contribution in [0.15, 0.2) is 24.3 Å². The summed E-state index contributed by atoms with van der Waals surface area (Å²) < 4.78 is 28.0. The zero-order chi connectivity index (χ0) is 15.7. The van der Waals surface area contributed by atoms with Crippen LogP contribution in [0.5, 0.6) is 0 Å². The fourth-order valence-corrected chi connectivity index (χ4v) is 3.60. The molecule has 0 aliphatic rings. The minimum absolute atomic E-state index is 0.241. The van der Waals surface area contributed by atoms with Gasteiger partial charge in [0.25, 0.3) is 0 Å². The van der Waals surface area contributed by atoms with Gasteiger partial charge in [0.05, 0.1) is 31.5 Å². The van der Waals surface area contributed by atoms with Gasteiger partial charge < -0.3 is 13.8 Å². The van der Waals surface area contributed by atoms with Gasteiger partial charge in [0, 0.05) is 0 Å². The molecular formula is C15H23O5P. The Morgan fingerprint density at radius 2 is 1.67 bits per heavy atom. The Bertz CT molecular complexity index is 491. The molecule has 0 fully saturated rings. The summed E-state index contributed by atoms with van der Waals surface area (Å²) in [6.45, 7) is 6.30. The molecule has 0 heterocycles. The number of rotatable bonds is 9. The molecule has 21 heavy (non-hydrogen) atoms. The minimum Gasteiger partial charge on any atom is -0.462 e. The summed E-state index contributed by atoms with van der Waals surface area (Å²) >= 11 is 0. The minimum atomic E-state index is -3.10. The fourth-order valence-electron chi connectivity index (χ4n) is 1.96. The maximum Gasteiger partial charge on any atom is 0.338 e. The average Bonchev–Trinajstić information content (AvgIpc) is 2.46. The SMILES string of the molecule is CCOC(=O)c1ccccc1CCP(=O)(OCC)OCC. The number of esters is 1. The molecule has 6 heteroatoms. The van der Waals surface area contributed by atoms with E-state index in [0.29, 0.717) is 31.8 Å². The lowest BCUT2D eigenvalue weighted by molar-refractivity contribution is 0.0525. The number of hydrogen-bond donors (Lipinski definition) is 0. The van der Waals surface area contributed by atoms with Gasteiger partial charge in [-0.25, -0.2) is 4.79 Å². The highest BCUT2D eigenvalue weighted by molar-refractivity contribution is 7.53. The first kappa shape index (κ1) is 17.9. The third kappa shape index (κ3) is 5.62. The van der Waals surface area contributed by atoms with Crippen molar-refractivity contribution >= 4 is 13.6 Å². The second-order valence-electron chi connectivity index (χ2n) is 4.30. The molecular weight excluding hydrogens is 291 g/mol. The number of carbonyl (C=O) groups is 1. The number of ether oxygens (including phenoxy) is 1. The van der Waals surface area contributed by atoms with E-state index in [9.17, 15) is 9.36 Å². The van der Waals surface area contributed by atoms with Gasteiger partial charge in [0.1, 0.15) is 0 Å².